The lowest BCUT2D eigenvalue weighted by Gasteiger charge is -1.98. The third-order valence-electron chi connectivity index (χ3n) is 0.969. The van der Waals surface area contributed by atoms with Gasteiger partial charge < -0.3 is 4.74 Å². The predicted octanol–water partition coefficient (Wildman–Crippen LogP) is 0.412. The molecule has 0 aromatic carbocycles. The first-order valence-corrected chi connectivity index (χ1v) is 2.72. The Morgan fingerprint density at radius 1 is 1.78 bits per heavy atom. The molecule has 0 amide bonds. The van der Waals surface area contributed by atoms with Crippen LogP contribution in [-0.4, -0.2) is 12.7 Å². The number of allylic oxidation sites excluding steroid dienone is 1. The predicted molar refractivity (Wildman–Crippen MR) is 34.6 cm³/mol. The van der Waals surface area contributed by atoms with E-state index in [0.29, 0.717) is 5.57 Å². The summed E-state index contributed by atoms with van der Waals surface area (Å²) < 4.78 is 4.47. The molecule has 0 atom stereocenters. The molecule has 0 aromatic heterocycles. The number of carbonyl (C=O) groups is 1. The van der Waals surface area contributed by atoms with Gasteiger partial charge in [0.05, 0.1) is 0 Å². The van der Waals surface area contributed by atoms with Gasteiger partial charge in [0.15, 0.2) is 0 Å². The van der Waals surface area contributed by atoms with Gasteiger partial charge in [-0.2, -0.15) is 0 Å². The highest BCUT2D eigenvalue weighted by Gasteiger charge is 2.00. The van der Waals surface area contributed by atoms with Gasteiger partial charge in [-0.25, -0.2) is 4.79 Å². The lowest BCUT2D eigenvalue weighted by Crippen LogP contribution is -2.12. The molecule has 0 bridgehead atoms. The second-order valence-electron chi connectivity index (χ2n) is 1.57. The summed E-state index contributed by atoms with van der Waals surface area (Å²) in [5.41, 5.74) is 5.54. The molecule has 0 aliphatic carbocycles. The van der Waals surface area contributed by atoms with Gasteiger partial charge >= 0.3 is 5.97 Å². The average Bonchev–Trinajstić information content (AvgIpc) is 1.87. The van der Waals surface area contributed by atoms with Gasteiger partial charge in [-0.05, 0) is 13.8 Å². The van der Waals surface area contributed by atoms with E-state index in [4.69, 9.17) is 5.73 Å². The molecule has 0 heterocycles. The first kappa shape index (κ1) is 8.17. The molecule has 0 aliphatic rings. The summed E-state index contributed by atoms with van der Waals surface area (Å²) in [5, 5.41) is 0. The van der Waals surface area contributed by atoms with Crippen molar-refractivity contribution >= 4 is 5.97 Å². The largest absolute Gasteiger partial charge is 0.447 e. The van der Waals surface area contributed by atoms with Gasteiger partial charge in [-0.1, -0.05) is 6.08 Å². The molecule has 0 rings (SSSR count). The van der Waals surface area contributed by atoms with E-state index in [-0.39, 0.29) is 12.7 Å². The van der Waals surface area contributed by atoms with Crippen molar-refractivity contribution in [3.63, 3.8) is 0 Å². The number of hydrogen-bond donors (Lipinski definition) is 1. The Morgan fingerprint density at radius 3 is 2.67 bits per heavy atom. The van der Waals surface area contributed by atoms with Crippen molar-refractivity contribution in [2.45, 2.75) is 13.8 Å². The van der Waals surface area contributed by atoms with Crippen LogP contribution in [0.3, 0.4) is 0 Å². The van der Waals surface area contributed by atoms with E-state index >= 15 is 0 Å². The Labute approximate surface area is 54.5 Å². The summed E-state index contributed by atoms with van der Waals surface area (Å²) in [7, 11) is 0. The monoisotopic (exact) mass is 129 g/mol. The molecule has 3 nitrogen and oxygen atoms in total. The number of carbonyl (C=O) groups excluding carboxylic acids is 1. The van der Waals surface area contributed by atoms with Crippen molar-refractivity contribution < 1.29 is 9.53 Å². The zero-order valence-corrected chi connectivity index (χ0v) is 5.68. The van der Waals surface area contributed by atoms with E-state index in [2.05, 4.69) is 4.74 Å². The molecule has 52 valence electrons. The SMILES string of the molecule is C/C=C(\C)C(=O)OCN. The summed E-state index contributed by atoms with van der Waals surface area (Å²) in [6.07, 6.45) is 1.68. The zero-order chi connectivity index (χ0) is 7.28. The Kier molecular flexibility index (Phi) is 3.71. The van der Waals surface area contributed by atoms with Crippen LogP contribution in [0.25, 0.3) is 0 Å². The smallest absolute Gasteiger partial charge is 0.334 e. The fourth-order valence-electron chi connectivity index (χ4n) is 0.307. The summed E-state index contributed by atoms with van der Waals surface area (Å²) >= 11 is 0. The van der Waals surface area contributed by atoms with Gasteiger partial charge in [-0.3, -0.25) is 5.73 Å². The van der Waals surface area contributed by atoms with Gasteiger partial charge in [0.1, 0.15) is 6.73 Å². The van der Waals surface area contributed by atoms with Crippen LogP contribution in [0.15, 0.2) is 11.6 Å². The first-order chi connectivity index (χ1) is 4.22. The fourth-order valence-corrected chi connectivity index (χ4v) is 0.307. The Morgan fingerprint density at radius 2 is 2.33 bits per heavy atom. The van der Waals surface area contributed by atoms with Crippen molar-refractivity contribution in [2.75, 3.05) is 6.73 Å². The molecule has 0 fully saturated rings. The molecule has 0 saturated carbocycles. The number of rotatable bonds is 2. The van der Waals surface area contributed by atoms with E-state index in [9.17, 15) is 4.79 Å². The van der Waals surface area contributed by atoms with Gasteiger partial charge in [0.2, 0.25) is 0 Å². The molecule has 0 radical (unpaired) electrons. The Bertz CT molecular complexity index is 129. The maximum Gasteiger partial charge on any atom is 0.334 e. The molecule has 3 heteroatoms. The topological polar surface area (TPSA) is 52.3 Å². The molecular formula is C6H11NO2. The number of ether oxygens (including phenoxy) is 1. The molecular weight excluding hydrogens is 118 g/mol. The van der Waals surface area contributed by atoms with Crippen LogP contribution < -0.4 is 5.73 Å². The minimum Gasteiger partial charge on any atom is -0.447 e. The maximum atomic E-state index is 10.6. The maximum absolute atomic E-state index is 10.6. The van der Waals surface area contributed by atoms with E-state index in [0.717, 1.165) is 0 Å². The third-order valence-corrected chi connectivity index (χ3v) is 0.969. The molecule has 0 aromatic rings. The van der Waals surface area contributed by atoms with Gasteiger partial charge in [-0.15, -0.1) is 0 Å². The van der Waals surface area contributed by atoms with E-state index in [1.165, 1.54) is 0 Å². The van der Waals surface area contributed by atoms with E-state index in [1.54, 1.807) is 19.9 Å². The minimum atomic E-state index is -0.347. The molecule has 0 spiro atoms. The Balaban J connectivity index is 3.74. The Hall–Kier alpha value is -0.830. The third kappa shape index (κ3) is 2.87. The molecule has 0 unspecified atom stereocenters. The summed E-state index contributed by atoms with van der Waals surface area (Å²) in [4.78, 5) is 10.6. The lowest BCUT2D eigenvalue weighted by molar-refractivity contribution is -0.138. The number of nitrogens with two attached hydrogens (primary N) is 1. The van der Waals surface area contributed by atoms with Gasteiger partial charge in [0.25, 0.3) is 0 Å². The quantitative estimate of drug-likeness (QED) is 0.334. The van der Waals surface area contributed by atoms with Crippen molar-refractivity contribution in [1.82, 2.24) is 0 Å². The highest BCUT2D eigenvalue weighted by Crippen LogP contribution is 1.93. The molecule has 2 N–H and O–H groups in total. The van der Waals surface area contributed by atoms with Crippen LogP contribution in [0, 0.1) is 0 Å². The highest BCUT2D eigenvalue weighted by molar-refractivity contribution is 5.87. The summed E-state index contributed by atoms with van der Waals surface area (Å²) in [6, 6.07) is 0. The van der Waals surface area contributed by atoms with Crippen molar-refractivity contribution in [2.24, 2.45) is 5.73 Å². The van der Waals surface area contributed by atoms with Gasteiger partial charge in [0, 0.05) is 5.57 Å². The lowest BCUT2D eigenvalue weighted by atomic mass is 10.3. The van der Waals surface area contributed by atoms with Crippen molar-refractivity contribution in [3.05, 3.63) is 11.6 Å². The second kappa shape index (κ2) is 4.09. The van der Waals surface area contributed by atoms with Crippen LogP contribution >= 0.6 is 0 Å². The minimum absolute atomic E-state index is 0.0516. The van der Waals surface area contributed by atoms with Crippen molar-refractivity contribution in [3.8, 4) is 0 Å². The zero-order valence-electron chi connectivity index (χ0n) is 5.68. The van der Waals surface area contributed by atoms with Crippen LogP contribution in [0.5, 0.6) is 0 Å². The number of hydrogen-bond acceptors (Lipinski definition) is 3. The van der Waals surface area contributed by atoms with Crippen LogP contribution in [0.1, 0.15) is 13.8 Å². The highest BCUT2D eigenvalue weighted by atomic mass is 16.5. The summed E-state index contributed by atoms with van der Waals surface area (Å²) in [6.45, 7) is 3.40. The second-order valence-corrected chi connectivity index (χ2v) is 1.57. The summed E-state index contributed by atoms with van der Waals surface area (Å²) in [5.74, 6) is -0.347. The molecule has 0 saturated heterocycles. The standard InChI is InChI=1S/C6H11NO2/c1-3-5(2)6(8)9-4-7/h3H,4,7H2,1-2H3/b5-3+. The van der Waals surface area contributed by atoms with Crippen molar-refractivity contribution in [1.29, 1.82) is 0 Å². The number of esters is 1. The first-order valence-electron chi connectivity index (χ1n) is 2.72. The van der Waals surface area contributed by atoms with E-state index < -0.39 is 0 Å². The average molecular weight is 129 g/mol. The fraction of sp³-hybridized carbons (Fsp3) is 0.500. The molecule has 0 aliphatic heterocycles. The normalized spacial score (nSPS) is 11.2. The van der Waals surface area contributed by atoms with Crippen LogP contribution in [0.4, 0.5) is 0 Å². The van der Waals surface area contributed by atoms with E-state index in [1.807, 2.05) is 0 Å². The van der Waals surface area contributed by atoms with Crippen LogP contribution in [-0.2, 0) is 9.53 Å². The molecule has 9 heavy (non-hydrogen) atoms. The van der Waals surface area contributed by atoms with Crippen LogP contribution in [0.2, 0.25) is 0 Å².